The Labute approximate surface area is 310 Å². The van der Waals surface area contributed by atoms with Crippen LogP contribution < -0.4 is 0 Å². The Balaban J connectivity index is 3.06. The number of unbranched alkanes of at least 4 members (excludes halogenated alkanes) is 10. The van der Waals surface area contributed by atoms with Gasteiger partial charge in [-0.2, -0.15) is 0 Å². The number of esters is 1. The molecule has 0 radical (unpaired) electrons. The molecule has 0 saturated heterocycles. The van der Waals surface area contributed by atoms with E-state index < -0.39 is 0 Å². The van der Waals surface area contributed by atoms with Crippen molar-refractivity contribution in [3.05, 3.63) is 0 Å². The van der Waals surface area contributed by atoms with E-state index in [9.17, 15) is 4.79 Å². The summed E-state index contributed by atoms with van der Waals surface area (Å²) < 4.78 is 65.2. The first-order valence-corrected chi connectivity index (χ1v) is 19.8. The van der Waals surface area contributed by atoms with Gasteiger partial charge in [0.15, 0.2) is 0 Å². The van der Waals surface area contributed by atoms with E-state index in [0.29, 0.717) is 145 Å². The Kier molecular flexibility index (Phi) is 46.2. The molecule has 0 heterocycles. The lowest BCUT2D eigenvalue weighted by Crippen LogP contribution is -2.15. The summed E-state index contributed by atoms with van der Waals surface area (Å²) in [5.41, 5.74) is 0. The van der Waals surface area contributed by atoms with Crippen LogP contribution in [0.5, 0.6) is 0 Å². The average molecular weight is 741 g/mol. The standard InChI is InChI=1S/C38H76O13/c1-3-5-6-7-8-9-10-11-12-13-14-16-40-18-20-42-22-24-44-26-28-46-30-32-48-34-36-50-37-35-49-33-31-47-29-27-45-25-23-43-21-19-41-17-15-38(39)51-4-2/h3-37H2,1-2H3. The van der Waals surface area contributed by atoms with Crippen LogP contribution in [-0.4, -0.2) is 158 Å². The first kappa shape index (κ1) is 50.0. The topological polar surface area (TPSA) is 128 Å². The van der Waals surface area contributed by atoms with Gasteiger partial charge in [0.1, 0.15) is 0 Å². The molecule has 0 fully saturated rings. The minimum atomic E-state index is -0.248. The molecule has 0 bridgehead atoms. The largest absolute Gasteiger partial charge is 0.466 e. The lowest BCUT2D eigenvalue weighted by Gasteiger charge is -2.09. The zero-order chi connectivity index (χ0) is 36.8. The molecule has 0 saturated carbocycles. The Bertz CT molecular complexity index is 645. The number of carbonyl (C=O) groups excluding carboxylic acids is 1. The molecule has 0 aromatic rings. The van der Waals surface area contributed by atoms with Crippen molar-refractivity contribution < 1.29 is 61.6 Å². The number of rotatable bonds is 46. The predicted octanol–water partition coefficient (Wildman–Crippen LogP) is 5.43. The fraction of sp³-hybridized carbons (Fsp3) is 0.974. The summed E-state index contributed by atoms with van der Waals surface area (Å²) in [6.07, 6.45) is 15.1. The predicted molar refractivity (Wildman–Crippen MR) is 197 cm³/mol. The van der Waals surface area contributed by atoms with E-state index >= 15 is 0 Å². The highest BCUT2D eigenvalue weighted by Crippen LogP contribution is 2.11. The van der Waals surface area contributed by atoms with Crippen LogP contribution in [0.2, 0.25) is 0 Å². The van der Waals surface area contributed by atoms with Crippen molar-refractivity contribution in [2.75, 3.05) is 152 Å². The molecule has 13 heteroatoms. The summed E-state index contributed by atoms with van der Waals surface area (Å²) in [4.78, 5) is 11.2. The molecule has 0 N–H and O–H groups in total. The summed E-state index contributed by atoms with van der Waals surface area (Å²) in [7, 11) is 0. The minimum Gasteiger partial charge on any atom is -0.466 e. The third kappa shape index (κ3) is 47.0. The zero-order valence-electron chi connectivity index (χ0n) is 32.6. The molecule has 0 aromatic carbocycles. The Hall–Kier alpha value is -0.970. The van der Waals surface area contributed by atoms with Gasteiger partial charge in [0.05, 0.1) is 152 Å². The zero-order valence-corrected chi connectivity index (χ0v) is 32.6. The normalized spacial score (nSPS) is 11.5. The number of hydrogen-bond acceptors (Lipinski definition) is 13. The van der Waals surface area contributed by atoms with Crippen molar-refractivity contribution in [3.63, 3.8) is 0 Å². The van der Waals surface area contributed by atoms with Crippen molar-refractivity contribution >= 4 is 5.97 Å². The molecule has 13 nitrogen and oxygen atoms in total. The summed E-state index contributed by atoms with van der Waals surface area (Å²) in [5.74, 6) is -0.248. The van der Waals surface area contributed by atoms with Crippen LogP contribution in [0, 0.1) is 0 Å². The molecule has 51 heavy (non-hydrogen) atoms. The maximum atomic E-state index is 11.2. The summed E-state index contributed by atoms with van der Waals surface area (Å²) in [6.45, 7) is 16.0. The van der Waals surface area contributed by atoms with Crippen LogP contribution in [0.1, 0.15) is 90.9 Å². The Morgan fingerprint density at radius 2 is 0.529 bits per heavy atom. The summed E-state index contributed by atoms with van der Waals surface area (Å²) in [6, 6.07) is 0. The maximum absolute atomic E-state index is 11.2. The van der Waals surface area contributed by atoms with Crippen LogP contribution in [0.25, 0.3) is 0 Å². The maximum Gasteiger partial charge on any atom is 0.308 e. The number of hydrogen-bond donors (Lipinski definition) is 0. The lowest BCUT2D eigenvalue weighted by atomic mass is 10.1. The van der Waals surface area contributed by atoms with Crippen LogP contribution >= 0.6 is 0 Å². The van der Waals surface area contributed by atoms with Gasteiger partial charge in [-0.1, -0.05) is 71.1 Å². The van der Waals surface area contributed by atoms with Crippen LogP contribution in [-0.2, 0) is 61.6 Å². The SMILES string of the molecule is CCCCCCCCCCCCCOCCOCCOCCOCCOCCOCCOCCOCCOCCOCCOCCC(=O)OCC. The van der Waals surface area contributed by atoms with Crippen LogP contribution in [0.3, 0.4) is 0 Å². The Morgan fingerprint density at radius 3 is 0.804 bits per heavy atom. The quantitative estimate of drug-likeness (QED) is 0.0582. The second-order valence-corrected chi connectivity index (χ2v) is 11.8. The van der Waals surface area contributed by atoms with Gasteiger partial charge in [-0.15, -0.1) is 0 Å². The monoisotopic (exact) mass is 741 g/mol. The van der Waals surface area contributed by atoms with E-state index in [4.69, 9.17) is 56.8 Å². The molecule has 306 valence electrons. The number of ether oxygens (including phenoxy) is 12. The van der Waals surface area contributed by atoms with Gasteiger partial charge in [-0.25, -0.2) is 0 Å². The molecule has 0 aliphatic carbocycles. The molecule has 0 aliphatic rings. The van der Waals surface area contributed by atoms with Gasteiger partial charge in [0, 0.05) is 6.61 Å². The first-order valence-electron chi connectivity index (χ1n) is 19.8. The fourth-order valence-corrected chi connectivity index (χ4v) is 4.56. The molecule has 0 atom stereocenters. The van der Waals surface area contributed by atoms with Crippen LogP contribution in [0.15, 0.2) is 0 Å². The van der Waals surface area contributed by atoms with Gasteiger partial charge in [-0.05, 0) is 13.3 Å². The summed E-state index contributed by atoms with van der Waals surface area (Å²) in [5, 5.41) is 0. The van der Waals surface area contributed by atoms with Crippen molar-refractivity contribution in [3.8, 4) is 0 Å². The molecule has 0 amide bonds. The highest BCUT2D eigenvalue weighted by Gasteiger charge is 2.01. The van der Waals surface area contributed by atoms with Crippen molar-refractivity contribution in [2.45, 2.75) is 90.9 Å². The van der Waals surface area contributed by atoms with Gasteiger partial charge in [0.2, 0.25) is 0 Å². The minimum absolute atomic E-state index is 0.248. The third-order valence-electron chi connectivity index (χ3n) is 7.37. The molecular weight excluding hydrogens is 664 g/mol. The lowest BCUT2D eigenvalue weighted by molar-refractivity contribution is -0.144. The molecule has 0 unspecified atom stereocenters. The van der Waals surface area contributed by atoms with Gasteiger partial charge in [-0.3, -0.25) is 4.79 Å². The second kappa shape index (κ2) is 47.1. The highest BCUT2D eigenvalue weighted by atomic mass is 16.6. The third-order valence-corrected chi connectivity index (χ3v) is 7.37. The van der Waals surface area contributed by atoms with Gasteiger partial charge < -0.3 is 56.8 Å². The average Bonchev–Trinajstić information content (AvgIpc) is 3.13. The van der Waals surface area contributed by atoms with E-state index in [2.05, 4.69) is 6.92 Å². The van der Waals surface area contributed by atoms with Gasteiger partial charge >= 0.3 is 5.97 Å². The Morgan fingerprint density at radius 1 is 0.294 bits per heavy atom. The fourth-order valence-electron chi connectivity index (χ4n) is 4.56. The van der Waals surface area contributed by atoms with E-state index in [1.54, 1.807) is 6.92 Å². The van der Waals surface area contributed by atoms with E-state index in [1.165, 1.54) is 64.2 Å². The molecule has 0 aromatic heterocycles. The molecule has 0 spiro atoms. The molecule has 0 rings (SSSR count). The highest BCUT2D eigenvalue weighted by molar-refractivity contribution is 5.69. The van der Waals surface area contributed by atoms with Crippen molar-refractivity contribution in [2.24, 2.45) is 0 Å². The number of carbonyl (C=O) groups is 1. The van der Waals surface area contributed by atoms with Gasteiger partial charge in [0.25, 0.3) is 0 Å². The summed E-state index contributed by atoms with van der Waals surface area (Å²) >= 11 is 0. The second-order valence-electron chi connectivity index (χ2n) is 11.8. The van der Waals surface area contributed by atoms with Crippen molar-refractivity contribution in [1.29, 1.82) is 0 Å². The van der Waals surface area contributed by atoms with E-state index in [1.807, 2.05) is 0 Å². The van der Waals surface area contributed by atoms with Crippen LogP contribution in [0.4, 0.5) is 0 Å². The molecule has 0 aliphatic heterocycles. The smallest absolute Gasteiger partial charge is 0.308 e. The molecular formula is C38H76O13. The van der Waals surface area contributed by atoms with Crippen molar-refractivity contribution in [1.82, 2.24) is 0 Å². The van der Waals surface area contributed by atoms with E-state index in [0.717, 1.165) is 13.0 Å². The van der Waals surface area contributed by atoms with E-state index in [-0.39, 0.29) is 12.4 Å². The first-order chi connectivity index (χ1) is 25.3.